The predicted molar refractivity (Wildman–Crippen MR) is 64.4 cm³/mol. The maximum absolute atomic E-state index is 11.6. The predicted octanol–water partition coefficient (Wildman–Crippen LogP) is 1.43. The van der Waals surface area contributed by atoms with E-state index in [0.29, 0.717) is 18.2 Å². The van der Waals surface area contributed by atoms with Crippen molar-refractivity contribution < 1.29 is 9.53 Å². The Bertz CT molecular complexity index is 422. The Morgan fingerprint density at radius 2 is 2.24 bits per heavy atom. The van der Waals surface area contributed by atoms with Gasteiger partial charge >= 0.3 is 5.97 Å². The Balaban J connectivity index is 1.86. The summed E-state index contributed by atoms with van der Waals surface area (Å²) in [6.07, 6.45) is 3.62. The van der Waals surface area contributed by atoms with Crippen molar-refractivity contribution in [3.05, 3.63) is 11.4 Å². The zero-order valence-corrected chi connectivity index (χ0v) is 10.4. The van der Waals surface area contributed by atoms with Crippen molar-refractivity contribution in [2.45, 2.75) is 39.7 Å². The molecule has 0 spiro atoms. The molecule has 1 aromatic heterocycles. The molecule has 0 amide bonds. The van der Waals surface area contributed by atoms with Gasteiger partial charge in [0.2, 0.25) is 0 Å². The zero-order valence-electron chi connectivity index (χ0n) is 10.4. The maximum Gasteiger partial charge on any atom is 0.327 e. The van der Waals surface area contributed by atoms with Crippen LogP contribution in [0.3, 0.4) is 0 Å². The fraction of sp³-hybridized carbons (Fsp3) is 0.667. The molecule has 0 aromatic carbocycles. The van der Waals surface area contributed by atoms with Gasteiger partial charge in [-0.2, -0.15) is 5.10 Å². The molecule has 1 aromatic rings. The molecule has 1 aliphatic carbocycles. The summed E-state index contributed by atoms with van der Waals surface area (Å²) >= 11 is 0. The number of ether oxygens (including phenoxy) is 1. The number of nitrogens with zero attached hydrogens (tertiary/aromatic N) is 2. The smallest absolute Gasteiger partial charge is 0.327 e. The third-order valence-electron chi connectivity index (χ3n) is 3.42. The third kappa shape index (κ3) is 2.60. The molecule has 17 heavy (non-hydrogen) atoms. The summed E-state index contributed by atoms with van der Waals surface area (Å²) < 4.78 is 6.82. The van der Waals surface area contributed by atoms with Gasteiger partial charge < -0.3 is 10.5 Å². The van der Waals surface area contributed by atoms with Crippen LogP contribution in [0.2, 0.25) is 0 Å². The minimum atomic E-state index is -0.234. The lowest BCUT2D eigenvalue weighted by molar-refractivity contribution is -0.146. The van der Waals surface area contributed by atoms with Crippen LogP contribution in [0.25, 0.3) is 0 Å². The maximum atomic E-state index is 11.6. The molecule has 1 heterocycles. The normalized spacial score (nSPS) is 15.6. The van der Waals surface area contributed by atoms with E-state index in [1.165, 1.54) is 19.3 Å². The largest absolute Gasteiger partial charge is 0.464 e. The van der Waals surface area contributed by atoms with Gasteiger partial charge in [-0.3, -0.25) is 9.48 Å². The number of carbonyl (C=O) groups excluding carboxylic acids is 1. The second-order valence-electron chi connectivity index (χ2n) is 4.72. The van der Waals surface area contributed by atoms with Gasteiger partial charge in [0.25, 0.3) is 0 Å². The standard InChI is InChI=1S/C12H19N3O2/c1-8-12(13)9(2)15(14-8)6-11(16)17-7-10-4-3-5-10/h10H,3-7,13H2,1-2H3. The molecule has 0 bridgehead atoms. The number of hydrogen-bond acceptors (Lipinski definition) is 4. The van der Waals surface area contributed by atoms with Crippen LogP contribution in [-0.2, 0) is 16.1 Å². The fourth-order valence-electron chi connectivity index (χ4n) is 1.90. The van der Waals surface area contributed by atoms with Gasteiger partial charge in [-0.05, 0) is 32.6 Å². The number of aromatic nitrogens is 2. The van der Waals surface area contributed by atoms with Crippen molar-refractivity contribution >= 4 is 11.7 Å². The number of aryl methyl sites for hydroxylation is 1. The van der Waals surface area contributed by atoms with Gasteiger partial charge in [0.05, 0.1) is 23.7 Å². The first-order valence-corrected chi connectivity index (χ1v) is 6.03. The molecular weight excluding hydrogens is 218 g/mol. The Morgan fingerprint density at radius 1 is 1.53 bits per heavy atom. The summed E-state index contributed by atoms with van der Waals surface area (Å²) in [7, 11) is 0. The highest BCUT2D eigenvalue weighted by Crippen LogP contribution is 2.26. The van der Waals surface area contributed by atoms with E-state index in [4.69, 9.17) is 10.5 Å². The van der Waals surface area contributed by atoms with Gasteiger partial charge in [-0.25, -0.2) is 0 Å². The Morgan fingerprint density at radius 3 is 2.71 bits per heavy atom. The van der Waals surface area contributed by atoms with E-state index in [0.717, 1.165) is 11.4 Å². The molecule has 0 unspecified atom stereocenters. The average Bonchev–Trinajstić information content (AvgIpc) is 2.44. The molecule has 5 heteroatoms. The summed E-state index contributed by atoms with van der Waals surface area (Å²) in [5.74, 6) is 0.340. The number of rotatable bonds is 4. The Hall–Kier alpha value is -1.52. The van der Waals surface area contributed by atoms with Crippen molar-refractivity contribution in [2.24, 2.45) is 5.92 Å². The molecule has 2 rings (SSSR count). The lowest BCUT2D eigenvalue weighted by Gasteiger charge is -2.24. The van der Waals surface area contributed by atoms with E-state index in [9.17, 15) is 4.79 Å². The fourth-order valence-corrected chi connectivity index (χ4v) is 1.90. The van der Waals surface area contributed by atoms with Crippen molar-refractivity contribution in [1.29, 1.82) is 0 Å². The number of carbonyl (C=O) groups is 1. The Labute approximate surface area is 101 Å². The SMILES string of the molecule is Cc1nn(CC(=O)OCC2CCC2)c(C)c1N. The number of hydrogen-bond donors (Lipinski definition) is 1. The average molecular weight is 237 g/mol. The summed E-state index contributed by atoms with van der Waals surface area (Å²) in [5.41, 5.74) is 8.03. The monoisotopic (exact) mass is 237 g/mol. The molecule has 1 aliphatic rings. The van der Waals surface area contributed by atoms with E-state index in [1.54, 1.807) is 4.68 Å². The molecular formula is C12H19N3O2. The van der Waals surface area contributed by atoms with Gasteiger partial charge in [0.1, 0.15) is 6.54 Å². The molecule has 1 fully saturated rings. The number of anilines is 1. The minimum Gasteiger partial charge on any atom is -0.464 e. The third-order valence-corrected chi connectivity index (χ3v) is 3.42. The number of nitrogens with two attached hydrogens (primary N) is 1. The molecule has 0 saturated heterocycles. The molecule has 94 valence electrons. The molecule has 0 aliphatic heterocycles. The van der Waals surface area contributed by atoms with Gasteiger partial charge in [-0.15, -0.1) is 0 Å². The van der Waals surface area contributed by atoms with Crippen LogP contribution in [-0.4, -0.2) is 22.4 Å². The van der Waals surface area contributed by atoms with Gasteiger partial charge in [-0.1, -0.05) is 6.42 Å². The van der Waals surface area contributed by atoms with Gasteiger partial charge in [0, 0.05) is 0 Å². The Kier molecular flexibility index (Phi) is 3.36. The first-order valence-electron chi connectivity index (χ1n) is 6.03. The molecule has 5 nitrogen and oxygen atoms in total. The van der Waals surface area contributed by atoms with E-state index in [1.807, 2.05) is 13.8 Å². The van der Waals surface area contributed by atoms with Crippen molar-refractivity contribution in [3.8, 4) is 0 Å². The highest BCUT2D eigenvalue weighted by molar-refractivity contribution is 5.69. The molecule has 0 atom stereocenters. The topological polar surface area (TPSA) is 70.1 Å². The van der Waals surface area contributed by atoms with Gasteiger partial charge in [0.15, 0.2) is 0 Å². The van der Waals surface area contributed by atoms with Crippen LogP contribution >= 0.6 is 0 Å². The number of nitrogen functional groups attached to an aromatic ring is 1. The van der Waals surface area contributed by atoms with E-state index in [-0.39, 0.29) is 12.5 Å². The van der Waals surface area contributed by atoms with Crippen LogP contribution in [0.4, 0.5) is 5.69 Å². The summed E-state index contributed by atoms with van der Waals surface area (Å²) in [5, 5.41) is 4.20. The highest BCUT2D eigenvalue weighted by Gasteiger charge is 2.19. The van der Waals surface area contributed by atoms with Crippen LogP contribution in [0.5, 0.6) is 0 Å². The quantitative estimate of drug-likeness (QED) is 0.804. The summed E-state index contributed by atoms with van der Waals surface area (Å²) in [6.45, 7) is 4.39. The van der Waals surface area contributed by atoms with Crippen molar-refractivity contribution in [3.63, 3.8) is 0 Å². The van der Waals surface area contributed by atoms with Crippen molar-refractivity contribution in [2.75, 3.05) is 12.3 Å². The number of esters is 1. The van der Waals surface area contributed by atoms with E-state index in [2.05, 4.69) is 5.10 Å². The van der Waals surface area contributed by atoms with Crippen LogP contribution in [0.1, 0.15) is 30.7 Å². The van der Waals surface area contributed by atoms with Crippen LogP contribution in [0, 0.1) is 19.8 Å². The van der Waals surface area contributed by atoms with Crippen LogP contribution in [0.15, 0.2) is 0 Å². The molecule has 2 N–H and O–H groups in total. The lowest BCUT2D eigenvalue weighted by atomic mass is 9.86. The lowest BCUT2D eigenvalue weighted by Crippen LogP contribution is -2.23. The highest BCUT2D eigenvalue weighted by atomic mass is 16.5. The van der Waals surface area contributed by atoms with Crippen LogP contribution < -0.4 is 5.73 Å². The minimum absolute atomic E-state index is 0.149. The first kappa shape index (κ1) is 12.0. The molecule has 0 radical (unpaired) electrons. The second kappa shape index (κ2) is 4.77. The zero-order chi connectivity index (χ0) is 12.4. The van der Waals surface area contributed by atoms with Crippen molar-refractivity contribution in [1.82, 2.24) is 9.78 Å². The molecule has 1 saturated carbocycles. The summed E-state index contributed by atoms with van der Waals surface area (Å²) in [6, 6.07) is 0. The first-order chi connectivity index (χ1) is 8.08. The van der Waals surface area contributed by atoms with E-state index < -0.39 is 0 Å². The van der Waals surface area contributed by atoms with E-state index >= 15 is 0 Å². The summed E-state index contributed by atoms with van der Waals surface area (Å²) in [4.78, 5) is 11.6. The second-order valence-corrected chi connectivity index (χ2v) is 4.72.